The second kappa shape index (κ2) is 10.3. The molecule has 0 heterocycles. The molecule has 2 fully saturated rings. The number of allylic oxidation sites excluding steroid dienone is 4. The molecule has 1 N–H and O–H groups in total. The molecule has 0 amide bonds. The number of aliphatic hydroxyl groups is 1. The van der Waals surface area contributed by atoms with Crippen molar-refractivity contribution in [2.45, 2.75) is 76.2 Å². The van der Waals surface area contributed by atoms with Gasteiger partial charge in [0.05, 0.1) is 0 Å². The van der Waals surface area contributed by atoms with Gasteiger partial charge in [-0.25, -0.2) is 0 Å². The van der Waals surface area contributed by atoms with Gasteiger partial charge in [-0.15, -0.1) is 0 Å². The van der Waals surface area contributed by atoms with E-state index >= 15 is 8.78 Å². The molecule has 5 rings (SSSR count). The van der Waals surface area contributed by atoms with Crippen molar-refractivity contribution in [3.63, 3.8) is 0 Å². The van der Waals surface area contributed by atoms with Crippen molar-refractivity contribution in [3.05, 3.63) is 58.2 Å². The van der Waals surface area contributed by atoms with Crippen LogP contribution in [0.4, 0.5) is 8.78 Å². The molecule has 3 unspecified atom stereocenters. The predicted molar refractivity (Wildman–Crippen MR) is 163 cm³/mol. The Morgan fingerprint density at radius 3 is 2.54 bits per heavy atom. The van der Waals surface area contributed by atoms with Gasteiger partial charge in [-0.3, -0.25) is 9.59 Å². The van der Waals surface area contributed by atoms with Crippen LogP contribution in [0, 0.1) is 22.4 Å². The zero-order valence-electron chi connectivity index (χ0n) is 20.7. The molecule has 9 heteroatoms. The maximum absolute atomic E-state index is 15.8. The molecular weight excluding hydrogens is 739 g/mol. The number of benzene rings is 1. The van der Waals surface area contributed by atoms with E-state index in [-0.39, 0.29) is 35.7 Å². The predicted octanol–water partition coefficient (Wildman–Crippen LogP) is 8.94. The number of hydrogen-bond acceptors (Lipinski definition) is 3. The average molecular weight is 768 g/mol. The molecule has 0 radical (unpaired) electrons. The number of halogens is 4. The monoisotopic (exact) mass is 768 g/mol. The Morgan fingerprint density at radius 1 is 1.19 bits per heavy atom. The Hall–Kier alpha value is -0.250. The Bertz CT molecular complexity index is 1280. The van der Waals surface area contributed by atoms with E-state index in [1.807, 2.05) is 31.2 Å². The van der Waals surface area contributed by atoms with Gasteiger partial charge >= 0.3 is 5.92 Å². The van der Waals surface area contributed by atoms with Crippen LogP contribution in [0.3, 0.4) is 0 Å². The zero-order chi connectivity index (χ0) is 26.8. The fourth-order valence-electron chi connectivity index (χ4n) is 7.61. The fourth-order valence-corrected chi connectivity index (χ4v) is 10.3. The molecule has 1 aromatic carbocycles. The molecule has 198 valence electrons. The summed E-state index contributed by atoms with van der Waals surface area (Å²) >= 11 is 4.26. The fraction of sp³-hybridized carbons (Fsp3) is 0.536. The van der Waals surface area contributed by atoms with Crippen LogP contribution in [0.1, 0.15) is 80.6 Å². The first-order valence-electron chi connectivity index (χ1n) is 12.6. The lowest BCUT2D eigenvalue weighted by atomic mass is 9.50. The number of Topliss-reactive ketones (excluding diaryl/α,β-unsaturated/α-hetero) is 1. The Labute approximate surface area is 247 Å². The largest absolute Gasteiger partial charge is 0.382 e. The molecular formula is C28H29F2I2O3PS. The number of ketones is 2. The molecule has 3 nitrogen and oxygen atoms in total. The van der Waals surface area contributed by atoms with E-state index in [1.165, 1.54) is 18.1 Å². The third-order valence-corrected chi connectivity index (χ3v) is 14.1. The van der Waals surface area contributed by atoms with Crippen molar-refractivity contribution >= 4 is 68.8 Å². The van der Waals surface area contributed by atoms with Crippen molar-refractivity contribution in [1.82, 2.24) is 0 Å². The van der Waals surface area contributed by atoms with Crippen LogP contribution < -0.4 is 0 Å². The highest BCUT2D eigenvalue weighted by Crippen LogP contribution is 2.69. The van der Waals surface area contributed by atoms with Crippen LogP contribution in [0.2, 0.25) is 0 Å². The number of alkyl halides is 2. The number of hydrogen-bond donors (Lipinski definition) is 1. The summed E-state index contributed by atoms with van der Waals surface area (Å²) in [5.74, 6) is -3.44. The van der Waals surface area contributed by atoms with E-state index in [0.717, 1.165) is 34.8 Å². The van der Waals surface area contributed by atoms with E-state index in [2.05, 4.69) is 49.3 Å². The zero-order valence-corrected chi connectivity index (χ0v) is 26.7. The minimum Gasteiger partial charge on any atom is -0.382 e. The molecule has 1 aromatic rings. The van der Waals surface area contributed by atoms with E-state index < -0.39 is 19.3 Å². The van der Waals surface area contributed by atoms with Crippen molar-refractivity contribution < 1.29 is 23.5 Å². The highest BCUT2D eigenvalue weighted by atomic mass is 127. The molecule has 4 aliphatic rings. The van der Waals surface area contributed by atoms with E-state index in [1.54, 1.807) is 6.08 Å². The van der Waals surface area contributed by atoms with Crippen LogP contribution in [0.25, 0.3) is 0 Å². The lowest BCUT2D eigenvalue weighted by Gasteiger charge is -2.55. The highest BCUT2D eigenvalue weighted by Gasteiger charge is 2.71. The SMILES string of the molecule is CC(=O)c1ccc(C2C[C@@]3(C)C(CC[C@@]3(O)C(F)(F)C#SP(I)I)C3CCC4=CC(=O)CCC4=C23)cc1. The van der Waals surface area contributed by atoms with Crippen LogP contribution >= 0.6 is 57.3 Å². The van der Waals surface area contributed by atoms with Gasteiger partial charge in [-0.1, -0.05) is 47.6 Å². The topological polar surface area (TPSA) is 54.4 Å². The highest BCUT2D eigenvalue weighted by molar-refractivity contribution is 14.3. The molecule has 2 saturated carbocycles. The molecule has 0 aliphatic heterocycles. The molecule has 5 atom stereocenters. The first kappa shape index (κ1) is 28.3. The van der Waals surface area contributed by atoms with Crippen molar-refractivity contribution in [3.8, 4) is 5.18 Å². The van der Waals surface area contributed by atoms with Crippen molar-refractivity contribution in [1.29, 1.82) is 0 Å². The molecule has 0 aromatic heterocycles. The van der Waals surface area contributed by atoms with Crippen molar-refractivity contribution in [2.75, 3.05) is 0 Å². The third kappa shape index (κ3) is 4.73. The van der Waals surface area contributed by atoms with Gasteiger partial charge in [0, 0.05) is 23.3 Å². The molecule has 37 heavy (non-hydrogen) atoms. The number of rotatable bonds is 3. The van der Waals surface area contributed by atoms with Gasteiger partial charge < -0.3 is 5.11 Å². The Morgan fingerprint density at radius 2 is 1.89 bits per heavy atom. The summed E-state index contributed by atoms with van der Waals surface area (Å²) in [6.07, 6.45) is 5.53. The third-order valence-electron chi connectivity index (χ3n) is 9.37. The van der Waals surface area contributed by atoms with Gasteiger partial charge in [0.2, 0.25) is 0 Å². The van der Waals surface area contributed by atoms with Crippen LogP contribution in [0.15, 0.2) is 47.1 Å². The van der Waals surface area contributed by atoms with Crippen LogP contribution in [-0.4, -0.2) is 28.2 Å². The molecule has 0 spiro atoms. The minimum absolute atomic E-state index is 0.0188. The van der Waals surface area contributed by atoms with Crippen molar-refractivity contribution in [2.24, 2.45) is 17.3 Å². The van der Waals surface area contributed by atoms with Gasteiger partial charge in [0.1, 0.15) is 8.01 Å². The average Bonchev–Trinajstić information content (AvgIpc) is 3.14. The molecule has 4 aliphatic carbocycles. The summed E-state index contributed by atoms with van der Waals surface area (Å²) in [6.45, 7) is 3.40. The number of carbonyl (C=O) groups excluding carboxylic acids is 2. The maximum Gasteiger partial charge on any atom is 0.338 e. The van der Waals surface area contributed by atoms with Crippen LogP contribution in [0.5, 0.6) is 0 Å². The summed E-state index contributed by atoms with van der Waals surface area (Å²) in [7, 11) is 0.998. The summed E-state index contributed by atoms with van der Waals surface area (Å²) < 4.78 is 30.9. The summed E-state index contributed by atoms with van der Waals surface area (Å²) in [6, 6.07) is 7.52. The van der Waals surface area contributed by atoms with E-state index in [9.17, 15) is 14.7 Å². The number of fused-ring (bicyclic) bond motifs is 4. The normalized spacial score (nSPS) is 33.4. The Balaban J connectivity index is 1.66. The lowest BCUT2D eigenvalue weighted by molar-refractivity contribution is -0.208. The number of carbonyl (C=O) groups is 2. The summed E-state index contributed by atoms with van der Waals surface area (Å²) in [5.41, 5.74) is 2.03. The molecule has 0 saturated heterocycles. The van der Waals surface area contributed by atoms with E-state index in [4.69, 9.17) is 0 Å². The first-order chi connectivity index (χ1) is 17.4. The van der Waals surface area contributed by atoms with Crippen LogP contribution in [-0.2, 0) is 4.79 Å². The second-order valence-corrected chi connectivity index (χ2v) is 28.7. The maximum atomic E-state index is 15.8. The summed E-state index contributed by atoms with van der Waals surface area (Å²) in [5, 5.41) is 14.2. The smallest absolute Gasteiger partial charge is 0.338 e. The quantitative estimate of drug-likeness (QED) is 0.190. The van der Waals surface area contributed by atoms with Gasteiger partial charge in [0.25, 0.3) is 0 Å². The second-order valence-electron chi connectivity index (χ2n) is 11.0. The van der Waals surface area contributed by atoms with Gasteiger partial charge in [-0.05, 0) is 129 Å². The standard InChI is InChI=1S/C28H29F2I2O3PS/c1-16(33)17-3-5-18(6-4-17)23-14-26(2)24(11-12-27(26,35)28(29,30)15-37-36(31)32)22-9-7-19-13-20(34)8-10-21(19)25(22)23/h3-6,13,22-24,35H,7-12,14H2,1-2H3/t22?,23?,24?,26-,27-/m0/s1. The first-order valence-corrected chi connectivity index (χ1v) is 20.9. The minimum atomic E-state index is -3.44. The Kier molecular flexibility index (Phi) is 7.87. The molecule has 0 bridgehead atoms. The summed E-state index contributed by atoms with van der Waals surface area (Å²) in [4.78, 5) is 24.1. The van der Waals surface area contributed by atoms with Gasteiger partial charge in [0.15, 0.2) is 11.6 Å². The van der Waals surface area contributed by atoms with Gasteiger partial charge in [-0.2, -0.15) is 8.78 Å². The van der Waals surface area contributed by atoms with E-state index in [0.29, 0.717) is 31.2 Å². The lowest BCUT2D eigenvalue weighted by Crippen LogP contribution is -2.59.